The summed E-state index contributed by atoms with van der Waals surface area (Å²) >= 11 is 3.35. The molecular weight excluding hydrogens is 244 g/mol. The molecule has 0 aliphatic rings. The van der Waals surface area contributed by atoms with Gasteiger partial charge in [-0.05, 0) is 25.1 Å². The van der Waals surface area contributed by atoms with Crippen LogP contribution in [0, 0.1) is 0 Å². The fourth-order valence-electron chi connectivity index (χ4n) is 1.21. The molecule has 0 heterocycles. The molecule has 78 valence electrons. The first-order valence-corrected chi connectivity index (χ1v) is 5.24. The maximum Gasteiger partial charge on any atom is 0.0632 e. The van der Waals surface area contributed by atoms with Crippen LogP contribution < -0.4 is 10.6 Å². The summed E-state index contributed by atoms with van der Waals surface area (Å²) in [4.78, 5) is 1.96. The number of hydrogen-bond acceptors (Lipinski definition) is 3. The maximum absolute atomic E-state index is 9.02. The number of anilines is 2. The van der Waals surface area contributed by atoms with E-state index >= 15 is 0 Å². The van der Waals surface area contributed by atoms with Crippen LogP contribution >= 0.6 is 15.9 Å². The van der Waals surface area contributed by atoms with E-state index in [1.165, 1.54) is 0 Å². The maximum atomic E-state index is 9.02. The summed E-state index contributed by atoms with van der Waals surface area (Å²) in [6.07, 6.45) is 0. The second-order valence-corrected chi connectivity index (χ2v) is 4.26. The highest BCUT2D eigenvalue weighted by atomic mass is 79.9. The molecule has 0 saturated heterocycles. The highest BCUT2D eigenvalue weighted by Crippen LogP contribution is 2.26. The van der Waals surface area contributed by atoms with E-state index in [-0.39, 0.29) is 12.6 Å². The zero-order valence-corrected chi connectivity index (χ0v) is 9.95. The lowest BCUT2D eigenvalue weighted by molar-refractivity contribution is 0.270. The normalized spacial score (nSPS) is 12.6. The molecule has 1 rings (SSSR count). The Bertz CT molecular complexity index is 317. The number of aliphatic hydroxyl groups excluding tert-OH is 1. The minimum atomic E-state index is 0.0680. The number of hydrogen-bond donors (Lipinski definition) is 2. The minimum Gasteiger partial charge on any atom is -0.397 e. The van der Waals surface area contributed by atoms with Crippen LogP contribution in [0.3, 0.4) is 0 Å². The minimum absolute atomic E-state index is 0.0680. The lowest BCUT2D eigenvalue weighted by Crippen LogP contribution is -2.32. The van der Waals surface area contributed by atoms with Gasteiger partial charge in [0.05, 0.1) is 18.0 Å². The fraction of sp³-hybridized carbons (Fsp3) is 0.400. The first-order valence-electron chi connectivity index (χ1n) is 4.45. The Morgan fingerprint density at radius 1 is 1.57 bits per heavy atom. The van der Waals surface area contributed by atoms with E-state index in [4.69, 9.17) is 10.8 Å². The Kier molecular flexibility index (Phi) is 3.77. The van der Waals surface area contributed by atoms with Gasteiger partial charge >= 0.3 is 0 Å². The van der Waals surface area contributed by atoms with Crippen molar-refractivity contribution in [2.75, 3.05) is 24.3 Å². The van der Waals surface area contributed by atoms with E-state index in [9.17, 15) is 0 Å². The van der Waals surface area contributed by atoms with Crippen molar-refractivity contribution in [3.63, 3.8) is 0 Å². The number of nitrogens with two attached hydrogens (primary N) is 1. The standard InChI is InChI=1S/C10H15BrN2O/c1-7(6-14)13(2)10-4-3-8(11)5-9(10)12/h3-5,7,14H,6,12H2,1-2H3. The van der Waals surface area contributed by atoms with Crippen LogP contribution in [0.4, 0.5) is 11.4 Å². The molecule has 0 aliphatic heterocycles. The third-order valence-electron chi connectivity index (χ3n) is 2.29. The summed E-state index contributed by atoms with van der Waals surface area (Å²) in [5.74, 6) is 0. The van der Waals surface area contributed by atoms with Gasteiger partial charge in [-0.3, -0.25) is 0 Å². The molecule has 0 aromatic heterocycles. The Morgan fingerprint density at radius 2 is 2.21 bits per heavy atom. The molecule has 1 aromatic rings. The van der Waals surface area contributed by atoms with Gasteiger partial charge in [0.1, 0.15) is 0 Å². The molecule has 0 aliphatic carbocycles. The van der Waals surface area contributed by atoms with Crippen molar-refractivity contribution in [3.05, 3.63) is 22.7 Å². The molecule has 0 spiro atoms. The molecule has 0 saturated carbocycles. The van der Waals surface area contributed by atoms with Crippen LogP contribution in [0.2, 0.25) is 0 Å². The number of nitrogens with zero attached hydrogens (tertiary/aromatic N) is 1. The molecule has 1 unspecified atom stereocenters. The van der Waals surface area contributed by atoms with E-state index in [2.05, 4.69) is 15.9 Å². The van der Waals surface area contributed by atoms with E-state index < -0.39 is 0 Å². The van der Waals surface area contributed by atoms with Gasteiger partial charge in [-0.1, -0.05) is 15.9 Å². The molecule has 14 heavy (non-hydrogen) atoms. The van der Waals surface area contributed by atoms with Crippen molar-refractivity contribution in [3.8, 4) is 0 Å². The quantitative estimate of drug-likeness (QED) is 0.814. The van der Waals surface area contributed by atoms with Crippen LogP contribution in [0.25, 0.3) is 0 Å². The van der Waals surface area contributed by atoms with Gasteiger partial charge in [-0.25, -0.2) is 0 Å². The molecular formula is C10H15BrN2O. The van der Waals surface area contributed by atoms with Crippen LogP contribution in [-0.4, -0.2) is 24.8 Å². The SMILES string of the molecule is CC(CO)N(C)c1ccc(Br)cc1N. The lowest BCUT2D eigenvalue weighted by atomic mass is 10.2. The summed E-state index contributed by atoms with van der Waals surface area (Å²) in [6, 6.07) is 5.80. The lowest BCUT2D eigenvalue weighted by Gasteiger charge is -2.26. The van der Waals surface area contributed by atoms with Gasteiger partial charge in [-0.2, -0.15) is 0 Å². The van der Waals surface area contributed by atoms with Crippen LogP contribution in [-0.2, 0) is 0 Å². The van der Waals surface area contributed by atoms with E-state index in [1.807, 2.05) is 37.1 Å². The molecule has 0 amide bonds. The number of nitrogen functional groups attached to an aromatic ring is 1. The average molecular weight is 259 g/mol. The summed E-state index contributed by atoms with van der Waals surface area (Å²) in [6.45, 7) is 2.06. The zero-order valence-electron chi connectivity index (χ0n) is 8.37. The van der Waals surface area contributed by atoms with Crippen molar-refractivity contribution in [2.45, 2.75) is 13.0 Å². The van der Waals surface area contributed by atoms with Crippen LogP contribution in [0.1, 0.15) is 6.92 Å². The Morgan fingerprint density at radius 3 is 2.71 bits per heavy atom. The largest absolute Gasteiger partial charge is 0.397 e. The third-order valence-corrected chi connectivity index (χ3v) is 2.79. The molecule has 3 nitrogen and oxygen atoms in total. The van der Waals surface area contributed by atoms with Gasteiger partial charge < -0.3 is 15.7 Å². The van der Waals surface area contributed by atoms with Gasteiger partial charge in [-0.15, -0.1) is 0 Å². The van der Waals surface area contributed by atoms with E-state index in [0.717, 1.165) is 10.2 Å². The second-order valence-electron chi connectivity index (χ2n) is 3.35. The predicted octanol–water partition coefficient (Wildman–Crippen LogP) is 1.85. The van der Waals surface area contributed by atoms with E-state index in [0.29, 0.717) is 5.69 Å². The number of benzene rings is 1. The third kappa shape index (κ3) is 2.39. The van der Waals surface area contributed by atoms with Crippen molar-refractivity contribution in [1.29, 1.82) is 0 Å². The number of halogens is 1. The van der Waals surface area contributed by atoms with Gasteiger partial charge in [0, 0.05) is 17.6 Å². The highest BCUT2D eigenvalue weighted by molar-refractivity contribution is 9.10. The molecule has 4 heteroatoms. The molecule has 0 fully saturated rings. The first-order chi connectivity index (χ1) is 6.56. The average Bonchev–Trinajstić information content (AvgIpc) is 2.15. The molecule has 3 N–H and O–H groups in total. The second kappa shape index (κ2) is 4.66. The highest BCUT2D eigenvalue weighted by Gasteiger charge is 2.11. The van der Waals surface area contributed by atoms with Crippen LogP contribution in [0.5, 0.6) is 0 Å². The zero-order chi connectivity index (χ0) is 10.7. The van der Waals surface area contributed by atoms with Crippen molar-refractivity contribution >= 4 is 27.3 Å². The molecule has 0 bridgehead atoms. The van der Waals surface area contributed by atoms with Crippen LogP contribution in [0.15, 0.2) is 22.7 Å². The molecule has 0 radical (unpaired) electrons. The number of rotatable bonds is 3. The first kappa shape index (κ1) is 11.3. The van der Waals surface area contributed by atoms with Gasteiger partial charge in [0.15, 0.2) is 0 Å². The van der Waals surface area contributed by atoms with E-state index in [1.54, 1.807) is 0 Å². The fourth-order valence-corrected chi connectivity index (χ4v) is 1.59. The van der Waals surface area contributed by atoms with Crippen molar-refractivity contribution < 1.29 is 5.11 Å². The molecule has 1 atom stereocenters. The number of aliphatic hydroxyl groups is 1. The Labute approximate surface area is 92.7 Å². The Hall–Kier alpha value is -0.740. The Balaban J connectivity index is 2.95. The predicted molar refractivity (Wildman–Crippen MR) is 63.5 cm³/mol. The smallest absolute Gasteiger partial charge is 0.0632 e. The van der Waals surface area contributed by atoms with Gasteiger partial charge in [0.2, 0.25) is 0 Å². The van der Waals surface area contributed by atoms with Crippen molar-refractivity contribution in [2.24, 2.45) is 0 Å². The number of likely N-dealkylation sites (N-methyl/N-ethyl adjacent to an activating group) is 1. The summed E-state index contributed by atoms with van der Waals surface area (Å²) < 4.78 is 0.962. The van der Waals surface area contributed by atoms with Crippen molar-refractivity contribution in [1.82, 2.24) is 0 Å². The monoisotopic (exact) mass is 258 g/mol. The van der Waals surface area contributed by atoms with Gasteiger partial charge in [0.25, 0.3) is 0 Å². The molecule has 1 aromatic carbocycles. The summed E-state index contributed by atoms with van der Waals surface area (Å²) in [5.41, 5.74) is 7.51. The summed E-state index contributed by atoms with van der Waals surface area (Å²) in [7, 11) is 1.92. The topological polar surface area (TPSA) is 49.5 Å². The summed E-state index contributed by atoms with van der Waals surface area (Å²) in [5, 5.41) is 9.02.